The van der Waals surface area contributed by atoms with Gasteiger partial charge in [0.25, 0.3) is 0 Å². The topological polar surface area (TPSA) is 73.0 Å². The van der Waals surface area contributed by atoms with E-state index in [4.69, 9.17) is 0 Å². The molecule has 1 saturated heterocycles. The first-order valence-corrected chi connectivity index (χ1v) is 10.4. The van der Waals surface area contributed by atoms with Gasteiger partial charge in [0.1, 0.15) is 5.82 Å². The number of nitrogens with zero attached hydrogens (tertiary/aromatic N) is 5. The minimum Gasteiger partial charge on any atom is -0.297 e. The molecule has 0 saturated carbocycles. The van der Waals surface area contributed by atoms with Gasteiger partial charge < -0.3 is 0 Å². The molecule has 154 valence electrons. The zero-order chi connectivity index (χ0) is 20.7. The van der Waals surface area contributed by atoms with Crippen LogP contribution in [0.25, 0.3) is 0 Å². The molecule has 0 aliphatic carbocycles. The maximum absolute atomic E-state index is 12.8. The van der Waals surface area contributed by atoms with Crippen LogP contribution in [0, 0.1) is 12.3 Å². The van der Waals surface area contributed by atoms with Gasteiger partial charge in [-0.2, -0.15) is 5.10 Å². The summed E-state index contributed by atoms with van der Waals surface area (Å²) in [6.45, 7) is 5.56. The van der Waals surface area contributed by atoms with E-state index in [9.17, 15) is 9.59 Å². The number of hydrogen-bond acceptors (Lipinski definition) is 5. The summed E-state index contributed by atoms with van der Waals surface area (Å²) >= 11 is 0. The van der Waals surface area contributed by atoms with Crippen LogP contribution in [0.4, 0.5) is 0 Å². The van der Waals surface area contributed by atoms with E-state index in [0.717, 1.165) is 55.3 Å². The van der Waals surface area contributed by atoms with E-state index in [1.165, 1.54) is 4.68 Å². The second kappa shape index (κ2) is 7.32. The molecule has 2 aliphatic rings. The molecule has 1 aromatic carbocycles. The molecule has 0 radical (unpaired) electrons. The van der Waals surface area contributed by atoms with Crippen LogP contribution in [0.15, 0.2) is 58.1 Å². The molecule has 2 aliphatic heterocycles. The Morgan fingerprint density at radius 1 is 0.967 bits per heavy atom. The maximum Gasteiger partial charge on any atom is 0.332 e. The van der Waals surface area contributed by atoms with Gasteiger partial charge in [0.15, 0.2) is 0 Å². The molecule has 0 bridgehead atoms. The first-order chi connectivity index (χ1) is 14.5. The van der Waals surface area contributed by atoms with Crippen LogP contribution >= 0.6 is 0 Å². The fraction of sp³-hybridized carbons (Fsp3) is 0.391. The monoisotopic (exact) mass is 403 g/mol. The van der Waals surface area contributed by atoms with Crippen molar-refractivity contribution in [1.82, 2.24) is 24.2 Å². The fourth-order valence-corrected chi connectivity index (χ4v) is 4.82. The molecule has 0 N–H and O–H groups in total. The van der Waals surface area contributed by atoms with Crippen molar-refractivity contribution < 1.29 is 0 Å². The van der Waals surface area contributed by atoms with Gasteiger partial charge in [0.05, 0.1) is 12.2 Å². The van der Waals surface area contributed by atoms with E-state index >= 15 is 0 Å². The molecule has 2 aromatic heterocycles. The molecule has 4 heterocycles. The van der Waals surface area contributed by atoms with E-state index in [1.807, 2.05) is 49.4 Å². The molecule has 1 atom stereocenters. The Morgan fingerprint density at radius 2 is 1.80 bits per heavy atom. The summed E-state index contributed by atoms with van der Waals surface area (Å²) in [5.74, 6) is 0.728. The van der Waals surface area contributed by atoms with Crippen molar-refractivity contribution in [3.8, 4) is 0 Å². The third kappa shape index (κ3) is 3.50. The number of fused-ring (bicyclic) bond motifs is 1. The standard InChI is InChI=1S/C23H25N5O2/c1-17-6-5-9-19(24-17)14-26-11-10-23(15-26)12-20-25-28(13-18-7-3-2-4-8-18)22(30)21(29)27(20)16-23/h2-9H,10-16H2,1H3. The average molecular weight is 403 g/mol. The summed E-state index contributed by atoms with van der Waals surface area (Å²) in [7, 11) is 0. The summed E-state index contributed by atoms with van der Waals surface area (Å²) < 4.78 is 2.93. The van der Waals surface area contributed by atoms with Gasteiger partial charge in [-0.3, -0.25) is 24.0 Å². The zero-order valence-electron chi connectivity index (χ0n) is 17.1. The van der Waals surface area contributed by atoms with Gasteiger partial charge in [0.2, 0.25) is 0 Å². The van der Waals surface area contributed by atoms with Crippen LogP contribution in [0.5, 0.6) is 0 Å². The Balaban J connectivity index is 1.36. The first-order valence-electron chi connectivity index (χ1n) is 10.4. The zero-order valence-corrected chi connectivity index (χ0v) is 17.1. The molecule has 7 nitrogen and oxygen atoms in total. The molecule has 1 fully saturated rings. The molecule has 7 heteroatoms. The van der Waals surface area contributed by atoms with E-state index in [2.05, 4.69) is 21.0 Å². The van der Waals surface area contributed by atoms with Crippen LogP contribution in [-0.2, 0) is 26.1 Å². The van der Waals surface area contributed by atoms with E-state index in [-0.39, 0.29) is 5.41 Å². The summed E-state index contributed by atoms with van der Waals surface area (Å²) in [4.78, 5) is 32.4. The van der Waals surface area contributed by atoms with Crippen molar-refractivity contribution in [3.05, 3.63) is 92.0 Å². The SMILES string of the molecule is Cc1cccc(CN2CCC3(Cc4nn(Cc5ccccc5)c(=O)c(=O)n4C3)C2)n1. The van der Waals surface area contributed by atoms with Crippen molar-refractivity contribution in [2.24, 2.45) is 5.41 Å². The largest absolute Gasteiger partial charge is 0.332 e. The molecular formula is C23H25N5O2. The molecular weight excluding hydrogens is 378 g/mol. The van der Waals surface area contributed by atoms with E-state index < -0.39 is 11.1 Å². The highest BCUT2D eigenvalue weighted by Crippen LogP contribution is 2.39. The summed E-state index contributed by atoms with van der Waals surface area (Å²) in [6.07, 6.45) is 1.73. The van der Waals surface area contributed by atoms with Crippen molar-refractivity contribution in [3.63, 3.8) is 0 Å². The van der Waals surface area contributed by atoms with Crippen LogP contribution in [-0.4, -0.2) is 37.3 Å². The smallest absolute Gasteiger partial charge is 0.297 e. The lowest BCUT2D eigenvalue weighted by Crippen LogP contribution is -2.43. The summed E-state index contributed by atoms with van der Waals surface area (Å²) in [6, 6.07) is 15.8. The lowest BCUT2D eigenvalue weighted by Gasteiger charge is -2.22. The average Bonchev–Trinajstić information content (AvgIpc) is 3.29. The molecule has 30 heavy (non-hydrogen) atoms. The Hall–Kier alpha value is -3.06. The highest BCUT2D eigenvalue weighted by molar-refractivity contribution is 5.15. The third-order valence-corrected chi connectivity index (χ3v) is 6.26. The lowest BCUT2D eigenvalue weighted by atomic mass is 9.86. The van der Waals surface area contributed by atoms with Crippen LogP contribution in [0.3, 0.4) is 0 Å². The van der Waals surface area contributed by atoms with Gasteiger partial charge in [-0.05, 0) is 37.6 Å². The predicted octanol–water partition coefficient (Wildman–Crippen LogP) is 1.61. The fourth-order valence-electron chi connectivity index (χ4n) is 4.82. The van der Waals surface area contributed by atoms with Crippen molar-refractivity contribution in [2.45, 2.75) is 39.4 Å². The predicted molar refractivity (Wildman–Crippen MR) is 113 cm³/mol. The Morgan fingerprint density at radius 3 is 2.60 bits per heavy atom. The highest BCUT2D eigenvalue weighted by Gasteiger charge is 2.44. The first kappa shape index (κ1) is 18.9. The van der Waals surface area contributed by atoms with Crippen molar-refractivity contribution >= 4 is 0 Å². The third-order valence-electron chi connectivity index (χ3n) is 6.26. The number of hydrogen-bond donors (Lipinski definition) is 0. The van der Waals surface area contributed by atoms with E-state index in [1.54, 1.807) is 4.57 Å². The highest BCUT2D eigenvalue weighted by atomic mass is 16.2. The van der Waals surface area contributed by atoms with Crippen molar-refractivity contribution in [2.75, 3.05) is 13.1 Å². The van der Waals surface area contributed by atoms with Crippen LogP contribution < -0.4 is 11.1 Å². The Labute approximate surface area is 174 Å². The minimum absolute atomic E-state index is 0.0264. The number of aryl methyl sites for hydroxylation is 1. The number of aromatic nitrogens is 4. The molecule has 3 aromatic rings. The maximum atomic E-state index is 12.8. The normalized spacial score (nSPS) is 20.7. The minimum atomic E-state index is -0.543. The Kier molecular flexibility index (Phi) is 4.62. The van der Waals surface area contributed by atoms with Gasteiger partial charge in [-0.15, -0.1) is 0 Å². The van der Waals surface area contributed by atoms with Gasteiger partial charge >= 0.3 is 11.1 Å². The van der Waals surface area contributed by atoms with Crippen LogP contribution in [0.1, 0.15) is 29.2 Å². The molecule has 5 rings (SSSR count). The Bertz CT molecular complexity index is 1200. The number of rotatable bonds is 4. The van der Waals surface area contributed by atoms with Gasteiger partial charge in [-0.25, -0.2) is 4.68 Å². The summed E-state index contributed by atoms with van der Waals surface area (Å²) in [5, 5.41) is 4.58. The van der Waals surface area contributed by atoms with Crippen molar-refractivity contribution in [1.29, 1.82) is 0 Å². The second-order valence-electron chi connectivity index (χ2n) is 8.66. The van der Waals surface area contributed by atoms with E-state index in [0.29, 0.717) is 13.1 Å². The number of benzene rings is 1. The number of likely N-dealkylation sites (tertiary alicyclic amines) is 1. The quantitative estimate of drug-likeness (QED) is 0.619. The van der Waals surface area contributed by atoms with Crippen LogP contribution in [0.2, 0.25) is 0 Å². The molecule has 1 unspecified atom stereocenters. The molecule has 0 amide bonds. The molecule has 1 spiro atoms. The lowest BCUT2D eigenvalue weighted by molar-refractivity contribution is 0.244. The summed E-state index contributed by atoms with van der Waals surface area (Å²) in [5.41, 5.74) is 2.03. The second-order valence-corrected chi connectivity index (χ2v) is 8.66. The number of pyridine rings is 1. The van der Waals surface area contributed by atoms with Gasteiger partial charge in [-0.1, -0.05) is 36.4 Å². The van der Waals surface area contributed by atoms with Gasteiger partial charge in [0, 0.05) is 37.2 Å².